The zero-order valence-electron chi connectivity index (χ0n) is 12.1. The molecule has 0 aliphatic carbocycles. The highest BCUT2D eigenvalue weighted by molar-refractivity contribution is 7.99. The number of methoxy groups -OCH3 is 1. The normalized spacial score (nSPS) is 12.2. The summed E-state index contributed by atoms with van der Waals surface area (Å²) in [4.78, 5) is 1.18. The minimum absolute atomic E-state index is 0.532. The molecule has 20 heavy (non-hydrogen) atoms. The first-order valence-electron chi connectivity index (χ1n) is 6.62. The SMILES string of the molecule is COc1ccc(C)cc1C(O)CSc1cccc(C)c1. The van der Waals surface area contributed by atoms with E-state index in [1.165, 1.54) is 10.5 Å². The van der Waals surface area contributed by atoms with Crippen LogP contribution in [0, 0.1) is 13.8 Å². The van der Waals surface area contributed by atoms with Crippen LogP contribution in [0.2, 0.25) is 0 Å². The van der Waals surface area contributed by atoms with E-state index in [1.807, 2.05) is 31.2 Å². The van der Waals surface area contributed by atoms with Crippen LogP contribution in [0.15, 0.2) is 47.4 Å². The van der Waals surface area contributed by atoms with Crippen LogP contribution in [0.25, 0.3) is 0 Å². The van der Waals surface area contributed by atoms with Crippen molar-refractivity contribution >= 4 is 11.8 Å². The minimum atomic E-state index is -0.532. The van der Waals surface area contributed by atoms with E-state index in [4.69, 9.17) is 4.74 Å². The van der Waals surface area contributed by atoms with Crippen molar-refractivity contribution < 1.29 is 9.84 Å². The van der Waals surface area contributed by atoms with Crippen LogP contribution in [0.5, 0.6) is 5.75 Å². The molecule has 0 fully saturated rings. The lowest BCUT2D eigenvalue weighted by atomic mass is 10.1. The molecule has 2 aromatic rings. The summed E-state index contributed by atoms with van der Waals surface area (Å²) in [7, 11) is 1.63. The van der Waals surface area contributed by atoms with Crippen molar-refractivity contribution in [1.82, 2.24) is 0 Å². The Morgan fingerprint density at radius 2 is 1.85 bits per heavy atom. The van der Waals surface area contributed by atoms with Gasteiger partial charge in [-0.1, -0.05) is 29.3 Å². The Labute approximate surface area is 124 Å². The van der Waals surface area contributed by atoms with E-state index in [2.05, 4.69) is 25.1 Å². The number of aliphatic hydroxyl groups is 1. The first-order valence-corrected chi connectivity index (χ1v) is 7.61. The quantitative estimate of drug-likeness (QED) is 0.839. The van der Waals surface area contributed by atoms with Crippen molar-refractivity contribution in [2.24, 2.45) is 0 Å². The molecule has 1 N–H and O–H groups in total. The van der Waals surface area contributed by atoms with Gasteiger partial charge in [-0.3, -0.25) is 0 Å². The zero-order valence-corrected chi connectivity index (χ0v) is 12.9. The summed E-state index contributed by atoms with van der Waals surface area (Å²) >= 11 is 1.66. The van der Waals surface area contributed by atoms with Gasteiger partial charge >= 0.3 is 0 Å². The van der Waals surface area contributed by atoms with Gasteiger partial charge in [0, 0.05) is 16.2 Å². The van der Waals surface area contributed by atoms with Crippen molar-refractivity contribution in [2.75, 3.05) is 12.9 Å². The van der Waals surface area contributed by atoms with Crippen LogP contribution in [-0.4, -0.2) is 18.0 Å². The van der Waals surface area contributed by atoms with Gasteiger partial charge in [-0.25, -0.2) is 0 Å². The second-order valence-electron chi connectivity index (χ2n) is 4.89. The highest BCUT2D eigenvalue weighted by Gasteiger charge is 2.14. The molecule has 0 spiro atoms. The van der Waals surface area contributed by atoms with Crippen LogP contribution >= 0.6 is 11.8 Å². The molecular formula is C17H20O2S. The van der Waals surface area contributed by atoms with Crippen molar-refractivity contribution in [1.29, 1.82) is 0 Å². The topological polar surface area (TPSA) is 29.5 Å². The van der Waals surface area contributed by atoms with Crippen LogP contribution in [0.4, 0.5) is 0 Å². The Balaban J connectivity index is 2.08. The Morgan fingerprint density at radius 1 is 1.10 bits per heavy atom. The summed E-state index contributed by atoms with van der Waals surface area (Å²) in [5, 5.41) is 10.4. The average Bonchev–Trinajstić information content (AvgIpc) is 2.45. The molecule has 0 bridgehead atoms. The van der Waals surface area contributed by atoms with E-state index in [9.17, 15) is 5.11 Å². The smallest absolute Gasteiger partial charge is 0.124 e. The standard InChI is InChI=1S/C17H20O2S/c1-12-5-4-6-14(9-12)20-11-16(18)15-10-13(2)7-8-17(15)19-3/h4-10,16,18H,11H2,1-3H3. The van der Waals surface area contributed by atoms with Gasteiger partial charge in [-0.15, -0.1) is 11.8 Å². The molecule has 2 rings (SSSR count). The number of rotatable bonds is 5. The fourth-order valence-electron chi connectivity index (χ4n) is 2.08. The molecule has 0 aliphatic rings. The number of benzene rings is 2. The van der Waals surface area contributed by atoms with Gasteiger partial charge < -0.3 is 9.84 Å². The third-order valence-electron chi connectivity index (χ3n) is 3.14. The first kappa shape index (κ1) is 14.9. The molecule has 2 nitrogen and oxygen atoms in total. The van der Waals surface area contributed by atoms with E-state index in [0.717, 1.165) is 16.9 Å². The van der Waals surface area contributed by atoms with E-state index >= 15 is 0 Å². The summed E-state index contributed by atoms with van der Waals surface area (Å²) in [6.45, 7) is 4.09. The molecule has 0 amide bonds. The molecule has 0 saturated carbocycles. The first-order chi connectivity index (χ1) is 9.60. The Bertz CT molecular complexity index is 581. The van der Waals surface area contributed by atoms with Gasteiger partial charge in [0.2, 0.25) is 0 Å². The van der Waals surface area contributed by atoms with Crippen molar-refractivity contribution in [3.05, 3.63) is 59.2 Å². The number of aliphatic hydroxyl groups excluding tert-OH is 1. The lowest BCUT2D eigenvalue weighted by Gasteiger charge is -2.15. The molecule has 3 heteroatoms. The third-order valence-corrected chi connectivity index (χ3v) is 4.21. The largest absolute Gasteiger partial charge is 0.496 e. The molecule has 0 aliphatic heterocycles. The average molecular weight is 288 g/mol. The van der Waals surface area contributed by atoms with E-state index < -0.39 is 6.10 Å². The van der Waals surface area contributed by atoms with Gasteiger partial charge in [-0.05, 0) is 38.1 Å². The Morgan fingerprint density at radius 3 is 2.55 bits per heavy atom. The number of ether oxygens (including phenoxy) is 1. The maximum atomic E-state index is 10.4. The molecule has 0 saturated heterocycles. The molecule has 2 aromatic carbocycles. The van der Waals surface area contributed by atoms with Crippen molar-refractivity contribution in [2.45, 2.75) is 24.8 Å². The number of aryl methyl sites for hydroxylation is 2. The lowest BCUT2D eigenvalue weighted by Crippen LogP contribution is -2.03. The van der Waals surface area contributed by atoms with Crippen LogP contribution in [0.3, 0.4) is 0 Å². The third kappa shape index (κ3) is 3.78. The monoisotopic (exact) mass is 288 g/mol. The van der Waals surface area contributed by atoms with Crippen molar-refractivity contribution in [3.63, 3.8) is 0 Å². The second-order valence-corrected chi connectivity index (χ2v) is 5.98. The fraction of sp³-hybridized carbons (Fsp3) is 0.294. The molecule has 0 aromatic heterocycles. The number of thioether (sulfide) groups is 1. The summed E-state index contributed by atoms with van der Waals surface area (Å²) < 4.78 is 5.32. The van der Waals surface area contributed by atoms with Crippen LogP contribution in [-0.2, 0) is 0 Å². The highest BCUT2D eigenvalue weighted by atomic mass is 32.2. The van der Waals surface area contributed by atoms with Gasteiger partial charge in [0.05, 0.1) is 13.2 Å². The van der Waals surface area contributed by atoms with Gasteiger partial charge in [0.1, 0.15) is 5.75 Å². The van der Waals surface area contributed by atoms with E-state index in [-0.39, 0.29) is 0 Å². The van der Waals surface area contributed by atoms with Crippen molar-refractivity contribution in [3.8, 4) is 5.75 Å². The Kier molecular flexibility index (Phi) is 5.10. The summed E-state index contributed by atoms with van der Waals surface area (Å²) in [6.07, 6.45) is -0.532. The fourth-order valence-corrected chi connectivity index (χ4v) is 3.06. The predicted octanol–water partition coefficient (Wildman–Crippen LogP) is 4.14. The lowest BCUT2D eigenvalue weighted by molar-refractivity contribution is 0.199. The second kappa shape index (κ2) is 6.82. The molecular weight excluding hydrogens is 268 g/mol. The molecule has 0 radical (unpaired) electrons. The van der Waals surface area contributed by atoms with E-state index in [1.54, 1.807) is 18.9 Å². The molecule has 1 unspecified atom stereocenters. The Hall–Kier alpha value is -1.45. The molecule has 106 valence electrons. The van der Waals surface area contributed by atoms with E-state index in [0.29, 0.717) is 5.75 Å². The summed E-state index contributed by atoms with van der Waals surface area (Å²) in [6, 6.07) is 14.2. The molecule has 1 atom stereocenters. The highest BCUT2D eigenvalue weighted by Crippen LogP contribution is 2.31. The maximum Gasteiger partial charge on any atom is 0.124 e. The predicted molar refractivity (Wildman–Crippen MR) is 84.6 cm³/mol. The number of hydrogen-bond acceptors (Lipinski definition) is 3. The van der Waals surface area contributed by atoms with Crippen LogP contribution in [0.1, 0.15) is 22.8 Å². The maximum absolute atomic E-state index is 10.4. The summed E-state index contributed by atoms with van der Waals surface area (Å²) in [5.41, 5.74) is 3.21. The zero-order chi connectivity index (χ0) is 14.5. The van der Waals surface area contributed by atoms with Crippen LogP contribution < -0.4 is 4.74 Å². The van der Waals surface area contributed by atoms with Gasteiger partial charge in [0.15, 0.2) is 0 Å². The number of hydrogen-bond donors (Lipinski definition) is 1. The molecule has 0 heterocycles. The van der Waals surface area contributed by atoms with Gasteiger partial charge in [-0.2, -0.15) is 0 Å². The summed E-state index contributed by atoms with van der Waals surface area (Å²) in [5.74, 6) is 1.36. The van der Waals surface area contributed by atoms with Gasteiger partial charge in [0.25, 0.3) is 0 Å². The minimum Gasteiger partial charge on any atom is -0.496 e.